The van der Waals surface area contributed by atoms with Crippen LogP contribution in [0.5, 0.6) is 0 Å². The highest BCUT2D eigenvalue weighted by Crippen LogP contribution is 2.21. The van der Waals surface area contributed by atoms with Gasteiger partial charge in [-0.1, -0.05) is 37.3 Å². The number of hydrogen-bond donors (Lipinski definition) is 1. The molecular formula is C19H26N4S. The van der Waals surface area contributed by atoms with E-state index >= 15 is 0 Å². The number of nitrogens with zero attached hydrogens (tertiary/aromatic N) is 3. The SMILES string of the molecule is CCc1cnc(CNC(=NC)N2CCC(Cc3ccccc3)C2)s1. The molecule has 1 atom stereocenters. The number of aromatic nitrogens is 1. The van der Waals surface area contributed by atoms with Crippen molar-refractivity contribution in [2.75, 3.05) is 20.1 Å². The molecule has 1 saturated heterocycles. The number of rotatable bonds is 5. The summed E-state index contributed by atoms with van der Waals surface area (Å²) in [6.07, 6.45) is 5.42. The Hall–Kier alpha value is -1.88. The van der Waals surface area contributed by atoms with Gasteiger partial charge in [0.2, 0.25) is 0 Å². The third-order valence-corrected chi connectivity index (χ3v) is 5.65. The van der Waals surface area contributed by atoms with Gasteiger partial charge in [-0.05, 0) is 30.7 Å². The topological polar surface area (TPSA) is 40.5 Å². The molecule has 1 aromatic carbocycles. The molecule has 1 unspecified atom stereocenters. The summed E-state index contributed by atoms with van der Waals surface area (Å²) in [7, 11) is 1.87. The van der Waals surface area contributed by atoms with E-state index in [1.165, 1.54) is 16.9 Å². The van der Waals surface area contributed by atoms with Crippen LogP contribution in [0.15, 0.2) is 41.5 Å². The summed E-state index contributed by atoms with van der Waals surface area (Å²) in [4.78, 5) is 12.7. The van der Waals surface area contributed by atoms with Crippen molar-refractivity contribution in [3.8, 4) is 0 Å². The van der Waals surface area contributed by atoms with Crippen molar-refractivity contribution in [1.29, 1.82) is 0 Å². The number of aliphatic imine (C=N–C) groups is 1. The lowest BCUT2D eigenvalue weighted by atomic mass is 9.99. The molecule has 3 rings (SSSR count). The Morgan fingerprint density at radius 1 is 1.38 bits per heavy atom. The summed E-state index contributed by atoms with van der Waals surface area (Å²) in [6, 6.07) is 10.8. The summed E-state index contributed by atoms with van der Waals surface area (Å²) in [5.74, 6) is 1.70. The monoisotopic (exact) mass is 342 g/mol. The van der Waals surface area contributed by atoms with Gasteiger partial charge in [0.15, 0.2) is 5.96 Å². The smallest absolute Gasteiger partial charge is 0.194 e. The fourth-order valence-electron chi connectivity index (χ4n) is 3.22. The van der Waals surface area contributed by atoms with Crippen molar-refractivity contribution < 1.29 is 0 Å². The molecule has 1 aliphatic rings. The van der Waals surface area contributed by atoms with Crippen molar-refractivity contribution in [1.82, 2.24) is 15.2 Å². The lowest BCUT2D eigenvalue weighted by Gasteiger charge is -2.21. The molecule has 0 saturated carbocycles. The maximum Gasteiger partial charge on any atom is 0.194 e. The Morgan fingerprint density at radius 2 is 2.21 bits per heavy atom. The molecule has 128 valence electrons. The molecule has 1 aliphatic heterocycles. The first-order chi connectivity index (χ1) is 11.8. The first-order valence-electron chi connectivity index (χ1n) is 8.71. The van der Waals surface area contributed by atoms with E-state index < -0.39 is 0 Å². The molecule has 0 aliphatic carbocycles. The first-order valence-corrected chi connectivity index (χ1v) is 9.53. The number of guanidine groups is 1. The minimum absolute atomic E-state index is 0.706. The van der Waals surface area contributed by atoms with Gasteiger partial charge in [-0.2, -0.15) is 0 Å². The second-order valence-corrected chi connectivity index (χ2v) is 7.46. The number of thiazole rings is 1. The highest BCUT2D eigenvalue weighted by atomic mass is 32.1. The van der Waals surface area contributed by atoms with Gasteiger partial charge in [0.1, 0.15) is 5.01 Å². The van der Waals surface area contributed by atoms with Crippen LogP contribution in [0.25, 0.3) is 0 Å². The molecule has 1 N–H and O–H groups in total. The van der Waals surface area contributed by atoms with Gasteiger partial charge >= 0.3 is 0 Å². The Kier molecular flexibility index (Phi) is 5.86. The molecule has 0 amide bonds. The van der Waals surface area contributed by atoms with Crippen molar-refractivity contribution in [3.05, 3.63) is 52.0 Å². The van der Waals surface area contributed by atoms with Crippen LogP contribution in [0.2, 0.25) is 0 Å². The Morgan fingerprint density at radius 3 is 2.92 bits per heavy atom. The lowest BCUT2D eigenvalue weighted by Crippen LogP contribution is -2.39. The van der Waals surface area contributed by atoms with Crippen LogP contribution in [0, 0.1) is 5.92 Å². The predicted octanol–water partition coefficient (Wildman–Crippen LogP) is 3.35. The van der Waals surface area contributed by atoms with Gasteiger partial charge in [0, 0.05) is 31.2 Å². The number of likely N-dealkylation sites (tertiary alicyclic amines) is 1. The van der Waals surface area contributed by atoms with Crippen LogP contribution < -0.4 is 5.32 Å². The first kappa shape index (κ1) is 17.0. The summed E-state index contributed by atoms with van der Waals surface area (Å²) >= 11 is 1.78. The Labute approximate surface area is 148 Å². The molecule has 1 fully saturated rings. The summed E-state index contributed by atoms with van der Waals surface area (Å²) in [5.41, 5.74) is 1.43. The minimum atomic E-state index is 0.706. The molecule has 5 heteroatoms. The predicted molar refractivity (Wildman–Crippen MR) is 102 cm³/mol. The van der Waals surface area contributed by atoms with Crippen molar-refractivity contribution >= 4 is 17.3 Å². The Bertz CT molecular complexity index is 665. The van der Waals surface area contributed by atoms with Crippen LogP contribution >= 0.6 is 11.3 Å². The normalized spacial score (nSPS) is 18.2. The molecule has 1 aromatic heterocycles. The maximum atomic E-state index is 4.47. The zero-order valence-electron chi connectivity index (χ0n) is 14.5. The average Bonchev–Trinajstić information content (AvgIpc) is 3.26. The van der Waals surface area contributed by atoms with E-state index in [9.17, 15) is 0 Å². The molecule has 0 spiro atoms. The lowest BCUT2D eigenvalue weighted by molar-refractivity contribution is 0.459. The zero-order chi connectivity index (χ0) is 16.8. The average molecular weight is 343 g/mol. The molecule has 0 radical (unpaired) electrons. The van der Waals surface area contributed by atoms with E-state index in [0.717, 1.165) is 43.4 Å². The van der Waals surface area contributed by atoms with E-state index in [0.29, 0.717) is 5.92 Å². The molecule has 24 heavy (non-hydrogen) atoms. The Balaban J connectivity index is 1.51. The van der Waals surface area contributed by atoms with E-state index in [1.54, 1.807) is 11.3 Å². The highest BCUT2D eigenvalue weighted by Gasteiger charge is 2.25. The molecule has 4 nitrogen and oxygen atoms in total. The molecule has 2 heterocycles. The van der Waals surface area contributed by atoms with Crippen LogP contribution in [0.3, 0.4) is 0 Å². The molecular weight excluding hydrogens is 316 g/mol. The fraction of sp³-hybridized carbons (Fsp3) is 0.474. The maximum absolute atomic E-state index is 4.47. The van der Waals surface area contributed by atoms with Gasteiger partial charge in [0.25, 0.3) is 0 Å². The fourth-order valence-corrected chi connectivity index (χ4v) is 4.02. The summed E-state index contributed by atoms with van der Waals surface area (Å²) in [5, 5.41) is 4.61. The quantitative estimate of drug-likeness (QED) is 0.669. The van der Waals surface area contributed by atoms with Gasteiger partial charge in [-0.3, -0.25) is 4.99 Å². The third kappa shape index (κ3) is 4.35. The summed E-state index contributed by atoms with van der Waals surface area (Å²) in [6.45, 7) is 5.08. The number of aryl methyl sites for hydroxylation is 1. The van der Waals surface area contributed by atoms with Crippen LogP contribution in [0.4, 0.5) is 0 Å². The minimum Gasteiger partial charge on any atom is -0.350 e. The van der Waals surface area contributed by atoms with E-state index in [4.69, 9.17) is 0 Å². The van der Waals surface area contributed by atoms with Gasteiger partial charge in [-0.25, -0.2) is 4.98 Å². The van der Waals surface area contributed by atoms with Gasteiger partial charge in [0.05, 0.1) is 6.54 Å². The van der Waals surface area contributed by atoms with Crippen LogP contribution in [0.1, 0.15) is 28.8 Å². The standard InChI is InChI=1S/C19H26N4S/c1-3-17-12-21-18(24-17)13-22-19(20-2)23-10-9-16(14-23)11-15-7-5-4-6-8-15/h4-8,12,16H,3,9-11,13-14H2,1-2H3,(H,20,22). The summed E-state index contributed by atoms with van der Waals surface area (Å²) < 4.78 is 0. The molecule has 0 bridgehead atoms. The van der Waals surface area contributed by atoms with Gasteiger partial charge < -0.3 is 10.2 Å². The van der Waals surface area contributed by atoms with Gasteiger partial charge in [-0.15, -0.1) is 11.3 Å². The van der Waals surface area contributed by atoms with Crippen molar-refractivity contribution in [2.45, 2.75) is 32.7 Å². The number of nitrogens with one attached hydrogen (secondary N) is 1. The van der Waals surface area contributed by atoms with Crippen molar-refractivity contribution in [2.24, 2.45) is 10.9 Å². The van der Waals surface area contributed by atoms with E-state index in [1.807, 2.05) is 13.2 Å². The molecule has 2 aromatic rings. The number of hydrogen-bond acceptors (Lipinski definition) is 3. The van der Waals surface area contributed by atoms with Crippen LogP contribution in [-0.4, -0.2) is 36.0 Å². The van der Waals surface area contributed by atoms with E-state index in [2.05, 4.69) is 57.4 Å². The third-order valence-electron chi connectivity index (χ3n) is 4.51. The second kappa shape index (κ2) is 8.29. The van der Waals surface area contributed by atoms with Crippen molar-refractivity contribution in [3.63, 3.8) is 0 Å². The second-order valence-electron chi connectivity index (χ2n) is 6.27. The van der Waals surface area contributed by atoms with Crippen LogP contribution in [-0.2, 0) is 19.4 Å². The van der Waals surface area contributed by atoms with E-state index in [-0.39, 0.29) is 0 Å². The largest absolute Gasteiger partial charge is 0.350 e. The highest BCUT2D eigenvalue weighted by molar-refractivity contribution is 7.11. The zero-order valence-corrected chi connectivity index (χ0v) is 15.4. The number of benzene rings is 1.